The van der Waals surface area contributed by atoms with Crippen LogP contribution >= 0.6 is 0 Å². The summed E-state index contributed by atoms with van der Waals surface area (Å²) in [6, 6.07) is 7.84. The van der Waals surface area contributed by atoms with E-state index in [4.69, 9.17) is 10.5 Å². The topological polar surface area (TPSA) is 55.6 Å². The number of nitrogens with two attached hydrogens (primary N) is 1. The third-order valence-corrected chi connectivity index (χ3v) is 3.04. The van der Waals surface area contributed by atoms with Crippen LogP contribution in [0.3, 0.4) is 0 Å². The zero-order valence-electron chi connectivity index (χ0n) is 10.1. The van der Waals surface area contributed by atoms with Gasteiger partial charge in [-0.15, -0.1) is 0 Å². The molecule has 1 aliphatic heterocycles. The van der Waals surface area contributed by atoms with Gasteiger partial charge in [0.05, 0.1) is 6.54 Å². The van der Waals surface area contributed by atoms with Crippen molar-refractivity contribution in [1.82, 2.24) is 4.90 Å². The van der Waals surface area contributed by atoms with Crippen LogP contribution in [0.4, 0.5) is 0 Å². The predicted octanol–water partition coefficient (Wildman–Crippen LogP) is 1.00. The van der Waals surface area contributed by atoms with Gasteiger partial charge in [0.15, 0.2) is 0 Å². The van der Waals surface area contributed by atoms with Gasteiger partial charge in [-0.1, -0.05) is 25.1 Å². The molecule has 1 heterocycles. The summed E-state index contributed by atoms with van der Waals surface area (Å²) in [6.45, 7) is 4.02. The van der Waals surface area contributed by atoms with Gasteiger partial charge in [0.2, 0.25) is 5.91 Å². The Morgan fingerprint density at radius 1 is 1.53 bits per heavy atom. The SMILES string of the molecule is CC(CN)C(=O)N1CCOc2ccccc2C1. The van der Waals surface area contributed by atoms with E-state index in [2.05, 4.69) is 0 Å². The molecule has 92 valence electrons. The summed E-state index contributed by atoms with van der Waals surface area (Å²) < 4.78 is 5.62. The van der Waals surface area contributed by atoms with E-state index < -0.39 is 0 Å². The Morgan fingerprint density at radius 3 is 3.06 bits per heavy atom. The summed E-state index contributed by atoms with van der Waals surface area (Å²) in [6.07, 6.45) is 0. The van der Waals surface area contributed by atoms with E-state index in [1.807, 2.05) is 36.1 Å². The first-order valence-corrected chi connectivity index (χ1v) is 5.92. The molecule has 1 amide bonds. The van der Waals surface area contributed by atoms with Crippen LogP contribution in [0.1, 0.15) is 12.5 Å². The van der Waals surface area contributed by atoms with Crippen LogP contribution in [0, 0.1) is 5.92 Å². The Morgan fingerprint density at radius 2 is 2.29 bits per heavy atom. The highest BCUT2D eigenvalue weighted by Gasteiger charge is 2.22. The number of rotatable bonds is 2. The van der Waals surface area contributed by atoms with Crippen molar-refractivity contribution >= 4 is 5.91 Å². The van der Waals surface area contributed by atoms with Crippen molar-refractivity contribution in [3.8, 4) is 5.75 Å². The Hall–Kier alpha value is -1.55. The molecular weight excluding hydrogens is 216 g/mol. The van der Waals surface area contributed by atoms with Gasteiger partial charge in [0, 0.05) is 24.6 Å². The minimum Gasteiger partial charge on any atom is -0.491 e. The Bertz CT molecular complexity index is 406. The number of carbonyl (C=O) groups excluding carboxylic acids is 1. The van der Waals surface area contributed by atoms with E-state index in [-0.39, 0.29) is 11.8 Å². The molecule has 1 unspecified atom stereocenters. The van der Waals surface area contributed by atoms with Crippen LogP contribution in [-0.4, -0.2) is 30.5 Å². The molecule has 0 saturated carbocycles. The maximum atomic E-state index is 12.1. The zero-order valence-corrected chi connectivity index (χ0v) is 10.1. The summed E-state index contributed by atoms with van der Waals surface area (Å²) in [5.41, 5.74) is 6.59. The molecule has 2 rings (SSSR count). The number of fused-ring (bicyclic) bond motifs is 1. The number of nitrogens with zero attached hydrogens (tertiary/aromatic N) is 1. The molecule has 0 bridgehead atoms. The fourth-order valence-corrected chi connectivity index (χ4v) is 1.93. The van der Waals surface area contributed by atoms with Crippen LogP contribution in [0.2, 0.25) is 0 Å². The third kappa shape index (κ3) is 2.58. The molecule has 1 aromatic rings. The lowest BCUT2D eigenvalue weighted by molar-refractivity contribution is -0.135. The minimum atomic E-state index is -0.125. The summed E-state index contributed by atoms with van der Waals surface area (Å²) >= 11 is 0. The van der Waals surface area contributed by atoms with Crippen molar-refractivity contribution in [2.24, 2.45) is 11.7 Å². The number of para-hydroxylation sites is 1. The minimum absolute atomic E-state index is 0.104. The van der Waals surface area contributed by atoms with Gasteiger partial charge < -0.3 is 15.4 Å². The molecule has 1 aliphatic rings. The monoisotopic (exact) mass is 234 g/mol. The van der Waals surface area contributed by atoms with E-state index >= 15 is 0 Å². The summed E-state index contributed by atoms with van der Waals surface area (Å²) in [5.74, 6) is 0.858. The van der Waals surface area contributed by atoms with Crippen molar-refractivity contribution in [3.63, 3.8) is 0 Å². The molecule has 0 saturated heterocycles. The number of carbonyl (C=O) groups is 1. The maximum absolute atomic E-state index is 12.1. The van der Waals surface area contributed by atoms with E-state index in [1.165, 1.54) is 0 Å². The molecule has 0 aliphatic carbocycles. The second kappa shape index (κ2) is 5.19. The standard InChI is InChI=1S/C13H18N2O2/c1-10(8-14)13(16)15-6-7-17-12-5-3-2-4-11(12)9-15/h2-5,10H,6-9,14H2,1H3. The lowest BCUT2D eigenvalue weighted by Crippen LogP contribution is -2.38. The number of ether oxygens (including phenoxy) is 1. The lowest BCUT2D eigenvalue weighted by atomic mass is 10.1. The molecule has 1 aromatic carbocycles. The van der Waals surface area contributed by atoms with Gasteiger partial charge in [0.25, 0.3) is 0 Å². The van der Waals surface area contributed by atoms with Crippen LogP contribution < -0.4 is 10.5 Å². The summed E-state index contributed by atoms with van der Waals surface area (Å²) in [5, 5.41) is 0. The highest BCUT2D eigenvalue weighted by atomic mass is 16.5. The van der Waals surface area contributed by atoms with Crippen molar-refractivity contribution in [2.75, 3.05) is 19.7 Å². The fourth-order valence-electron chi connectivity index (χ4n) is 1.93. The second-order valence-electron chi connectivity index (χ2n) is 4.35. The molecule has 4 nitrogen and oxygen atoms in total. The van der Waals surface area contributed by atoms with Crippen molar-refractivity contribution in [1.29, 1.82) is 0 Å². The number of benzene rings is 1. The molecule has 0 aromatic heterocycles. The van der Waals surface area contributed by atoms with Crippen LogP contribution in [0.15, 0.2) is 24.3 Å². The maximum Gasteiger partial charge on any atom is 0.227 e. The number of hydrogen-bond acceptors (Lipinski definition) is 3. The average molecular weight is 234 g/mol. The normalized spacial score (nSPS) is 16.7. The average Bonchev–Trinajstić information content (AvgIpc) is 2.58. The summed E-state index contributed by atoms with van der Waals surface area (Å²) in [4.78, 5) is 13.9. The highest BCUT2D eigenvalue weighted by molar-refractivity contribution is 5.78. The molecule has 0 radical (unpaired) electrons. The fraction of sp³-hybridized carbons (Fsp3) is 0.462. The Labute approximate surface area is 101 Å². The Kier molecular flexibility index (Phi) is 3.64. The molecule has 1 atom stereocenters. The van der Waals surface area contributed by atoms with Gasteiger partial charge in [-0.05, 0) is 6.07 Å². The molecule has 0 spiro atoms. The van der Waals surface area contributed by atoms with E-state index in [0.717, 1.165) is 11.3 Å². The predicted molar refractivity (Wildman–Crippen MR) is 65.6 cm³/mol. The van der Waals surface area contributed by atoms with Crippen molar-refractivity contribution in [3.05, 3.63) is 29.8 Å². The third-order valence-electron chi connectivity index (χ3n) is 3.04. The van der Waals surface area contributed by atoms with Crippen molar-refractivity contribution in [2.45, 2.75) is 13.5 Å². The zero-order chi connectivity index (χ0) is 12.3. The number of amides is 1. The quantitative estimate of drug-likeness (QED) is 0.830. The highest BCUT2D eigenvalue weighted by Crippen LogP contribution is 2.23. The first-order chi connectivity index (χ1) is 8.22. The summed E-state index contributed by atoms with van der Waals surface area (Å²) in [7, 11) is 0. The molecule has 4 heteroatoms. The van der Waals surface area contributed by atoms with E-state index in [9.17, 15) is 4.79 Å². The van der Waals surface area contributed by atoms with E-state index in [0.29, 0.717) is 26.2 Å². The van der Waals surface area contributed by atoms with Gasteiger partial charge in [0.1, 0.15) is 12.4 Å². The Balaban J connectivity index is 2.15. The van der Waals surface area contributed by atoms with Gasteiger partial charge in [-0.3, -0.25) is 4.79 Å². The number of hydrogen-bond donors (Lipinski definition) is 1. The smallest absolute Gasteiger partial charge is 0.227 e. The largest absolute Gasteiger partial charge is 0.491 e. The van der Waals surface area contributed by atoms with E-state index in [1.54, 1.807) is 0 Å². The first-order valence-electron chi connectivity index (χ1n) is 5.92. The van der Waals surface area contributed by atoms with Gasteiger partial charge >= 0.3 is 0 Å². The molecule has 2 N–H and O–H groups in total. The van der Waals surface area contributed by atoms with Crippen LogP contribution in [0.25, 0.3) is 0 Å². The second-order valence-corrected chi connectivity index (χ2v) is 4.35. The first kappa shape index (κ1) is 11.9. The van der Waals surface area contributed by atoms with Crippen LogP contribution in [-0.2, 0) is 11.3 Å². The van der Waals surface area contributed by atoms with Crippen molar-refractivity contribution < 1.29 is 9.53 Å². The lowest BCUT2D eigenvalue weighted by Gasteiger charge is -2.22. The molecular formula is C13H18N2O2. The van der Waals surface area contributed by atoms with Gasteiger partial charge in [-0.2, -0.15) is 0 Å². The molecule has 17 heavy (non-hydrogen) atoms. The van der Waals surface area contributed by atoms with Gasteiger partial charge in [-0.25, -0.2) is 0 Å². The molecule has 0 fully saturated rings. The van der Waals surface area contributed by atoms with Crippen LogP contribution in [0.5, 0.6) is 5.75 Å².